The molecule has 2 heterocycles. The topological polar surface area (TPSA) is 56.2 Å². The zero-order valence-electron chi connectivity index (χ0n) is 9.55. The Balaban J connectivity index is 2.19. The van der Waals surface area contributed by atoms with Crippen molar-refractivity contribution in [1.29, 1.82) is 0 Å². The van der Waals surface area contributed by atoms with E-state index in [1.54, 1.807) is 0 Å². The Bertz CT molecular complexity index is 688. The van der Waals surface area contributed by atoms with Gasteiger partial charge in [-0.1, -0.05) is 17.7 Å². The lowest BCUT2D eigenvalue weighted by molar-refractivity contribution is 1.03. The summed E-state index contributed by atoms with van der Waals surface area (Å²) >= 11 is 5.88. The normalized spacial score (nSPS) is 11.0. The maximum Gasteiger partial charge on any atom is 0.168 e. The summed E-state index contributed by atoms with van der Waals surface area (Å²) in [6.07, 6.45) is 1.96. The van der Waals surface area contributed by atoms with E-state index in [0.29, 0.717) is 11.6 Å². The molecule has 0 radical (unpaired) electrons. The minimum atomic E-state index is 0.494. The lowest BCUT2D eigenvalue weighted by atomic mass is 10.2. The predicted octanol–water partition coefficient (Wildman–Crippen LogP) is 2.51. The molecule has 0 unspecified atom stereocenters. The Morgan fingerprint density at radius 3 is 2.56 bits per heavy atom. The molecule has 0 aliphatic rings. The highest BCUT2D eigenvalue weighted by molar-refractivity contribution is 6.30. The molecule has 0 amide bonds. The Hall–Kier alpha value is -1.91. The van der Waals surface area contributed by atoms with Gasteiger partial charge in [0.2, 0.25) is 0 Å². The van der Waals surface area contributed by atoms with E-state index in [0.717, 1.165) is 22.6 Å². The van der Waals surface area contributed by atoms with Crippen molar-refractivity contribution in [1.82, 2.24) is 14.6 Å². The maximum atomic E-state index is 5.88. The van der Waals surface area contributed by atoms with E-state index < -0.39 is 0 Å². The summed E-state index contributed by atoms with van der Waals surface area (Å²) in [7, 11) is 0. The minimum absolute atomic E-state index is 0.494. The van der Waals surface area contributed by atoms with Crippen LogP contribution in [0.2, 0.25) is 5.02 Å². The SMILES string of the molecule is NCc1ccc2nnc(-c3ccc(Cl)cc3)n2c1. The van der Waals surface area contributed by atoms with Gasteiger partial charge in [-0.3, -0.25) is 4.40 Å². The van der Waals surface area contributed by atoms with E-state index in [-0.39, 0.29) is 0 Å². The number of rotatable bonds is 2. The molecule has 0 atom stereocenters. The van der Waals surface area contributed by atoms with Crippen LogP contribution in [0.5, 0.6) is 0 Å². The average molecular weight is 259 g/mol. The molecule has 0 fully saturated rings. The first-order valence-corrected chi connectivity index (χ1v) is 5.95. The summed E-state index contributed by atoms with van der Waals surface area (Å²) in [6.45, 7) is 0.494. The monoisotopic (exact) mass is 258 g/mol. The molecule has 0 aliphatic heterocycles. The first-order chi connectivity index (χ1) is 8.78. The Labute approximate surface area is 109 Å². The van der Waals surface area contributed by atoms with Crippen LogP contribution in [0.3, 0.4) is 0 Å². The van der Waals surface area contributed by atoms with Gasteiger partial charge in [-0.05, 0) is 35.9 Å². The first-order valence-electron chi connectivity index (χ1n) is 5.57. The van der Waals surface area contributed by atoms with Gasteiger partial charge in [-0.2, -0.15) is 0 Å². The van der Waals surface area contributed by atoms with Crippen LogP contribution in [0, 0.1) is 0 Å². The number of aromatic nitrogens is 3. The molecule has 0 saturated heterocycles. The molecular formula is C13H11ClN4. The zero-order chi connectivity index (χ0) is 12.5. The van der Waals surface area contributed by atoms with E-state index >= 15 is 0 Å². The second kappa shape index (κ2) is 4.40. The largest absolute Gasteiger partial charge is 0.326 e. The molecular weight excluding hydrogens is 248 g/mol. The summed E-state index contributed by atoms with van der Waals surface area (Å²) in [6, 6.07) is 11.4. The predicted molar refractivity (Wildman–Crippen MR) is 71.3 cm³/mol. The number of benzene rings is 1. The van der Waals surface area contributed by atoms with Crippen molar-refractivity contribution in [2.45, 2.75) is 6.54 Å². The summed E-state index contributed by atoms with van der Waals surface area (Å²) in [4.78, 5) is 0. The molecule has 1 aromatic carbocycles. The smallest absolute Gasteiger partial charge is 0.168 e. The van der Waals surface area contributed by atoms with Gasteiger partial charge in [0.1, 0.15) is 0 Å². The summed E-state index contributed by atoms with van der Waals surface area (Å²) in [5, 5.41) is 9.04. The third kappa shape index (κ3) is 1.85. The van der Waals surface area contributed by atoms with Crippen LogP contribution < -0.4 is 5.73 Å². The van der Waals surface area contributed by atoms with Crippen molar-refractivity contribution in [2.75, 3.05) is 0 Å². The van der Waals surface area contributed by atoms with Gasteiger partial charge in [-0.25, -0.2) is 0 Å². The highest BCUT2D eigenvalue weighted by atomic mass is 35.5. The lowest BCUT2D eigenvalue weighted by Crippen LogP contribution is -1.99. The van der Waals surface area contributed by atoms with Crippen LogP contribution in [0.25, 0.3) is 17.0 Å². The second-order valence-electron chi connectivity index (χ2n) is 4.00. The first kappa shape index (κ1) is 11.2. The number of pyridine rings is 1. The van der Waals surface area contributed by atoms with Crippen molar-refractivity contribution in [3.63, 3.8) is 0 Å². The van der Waals surface area contributed by atoms with Crippen molar-refractivity contribution < 1.29 is 0 Å². The van der Waals surface area contributed by atoms with Crippen LogP contribution >= 0.6 is 11.6 Å². The van der Waals surface area contributed by atoms with Gasteiger partial charge in [0.15, 0.2) is 11.5 Å². The van der Waals surface area contributed by atoms with Gasteiger partial charge in [0, 0.05) is 23.3 Å². The number of halogens is 1. The van der Waals surface area contributed by atoms with Gasteiger partial charge in [0.25, 0.3) is 0 Å². The minimum Gasteiger partial charge on any atom is -0.326 e. The number of nitrogens with two attached hydrogens (primary N) is 1. The highest BCUT2D eigenvalue weighted by Crippen LogP contribution is 2.20. The Kier molecular flexibility index (Phi) is 2.74. The summed E-state index contributed by atoms with van der Waals surface area (Å²) < 4.78 is 1.94. The third-order valence-electron chi connectivity index (χ3n) is 2.80. The van der Waals surface area contributed by atoms with Crippen LogP contribution in [0.4, 0.5) is 0 Å². The molecule has 3 aromatic rings. The summed E-state index contributed by atoms with van der Waals surface area (Å²) in [5.41, 5.74) is 8.46. The van der Waals surface area contributed by atoms with Crippen LogP contribution in [0.1, 0.15) is 5.56 Å². The molecule has 90 valence electrons. The van der Waals surface area contributed by atoms with Crippen LogP contribution in [-0.2, 0) is 6.54 Å². The van der Waals surface area contributed by atoms with Gasteiger partial charge < -0.3 is 5.73 Å². The molecule has 0 saturated carbocycles. The van der Waals surface area contributed by atoms with Crippen LogP contribution in [0.15, 0.2) is 42.6 Å². The fourth-order valence-corrected chi connectivity index (χ4v) is 1.98. The van der Waals surface area contributed by atoms with Crippen molar-refractivity contribution in [2.24, 2.45) is 5.73 Å². The fourth-order valence-electron chi connectivity index (χ4n) is 1.85. The highest BCUT2D eigenvalue weighted by Gasteiger charge is 2.08. The molecule has 2 N–H and O–H groups in total. The van der Waals surface area contributed by atoms with E-state index in [1.165, 1.54) is 0 Å². The number of hydrogen-bond acceptors (Lipinski definition) is 3. The molecule has 0 spiro atoms. The fraction of sp³-hybridized carbons (Fsp3) is 0.0769. The van der Waals surface area contributed by atoms with E-state index in [1.807, 2.05) is 47.0 Å². The molecule has 5 heteroatoms. The second-order valence-corrected chi connectivity index (χ2v) is 4.44. The van der Waals surface area contributed by atoms with Crippen molar-refractivity contribution in [3.8, 4) is 11.4 Å². The van der Waals surface area contributed by atoms with Gasteiger partial charge in [-0.15, -0.1) is 10.2 Å². The van der Waals surface area contributed by atoms with Crippen LogP contribution in [-0.4, -0.2) is 14.6 Å². The summed E-state index contributed by atoms with van der Waals surface area (Å²) in [5.74, 6) is 0.789. The van der Waals surface area contributed by atoms with Gasteiger partial charge >= 0.3 is 0 Å². The number of nitrogens with zero attached hydrogens (tertiary/aromatic N) is 3. The molecule has 18 heavy (non-hydrogen) atoms. The van der Waals surface area contributed by atoms with E-state index in [2.05, 4.69) is 10.2 Å². The van der Waals surface area contributed by atoms with Gasteiger partial charge in [0.05, 0.1) is 0 Å². The maximum absolute atomic E-state index is 5.88. The molecule has 2 aromatic heterocycles. The molecule has 0 bridgehead atoms. The number of hydrogen-bond donors (Lipinski definition) is 1. The average Bonchev–Trinajstić information content (AvgIpc) is 2.82. The third-order valence-corrected chi connectivity index (χ3v) is 3.05. The Morgan fingerprint density at radius 2 is 1.83 bits per heavy atom. The van der Waals surface area contributed by atoms with Crippen molar-refractivity contribution in [3.05, 3.63) is 53.2 Å². The lowest BCUT2D eigenvalue weighted by Gasteiger charge is -2.02. The quantitative estimate of drug-likeness (QED) is 0.768. The molecule has 0 aliphatic carbocycles. The molecule has 4 nitrogen and oxygen atoms in total. The van der Waals surface area contributed by atoms with E-state index in [4.69, 9.17) is 17.3 Å². The zero-order valence-corrected chi connectivity index (χ0v) is 10.3. The molecule has 3 rings (SSSR count). The number of fused-ring (bicyclic) bond motifs is 1. The van der Waals surface area contributed by atoms with Crippen molar-refractivity contribution >= 4 is 17.2 Å². The Morgan fingerprint density at radius 1 is 1.06 bits per heavy atom. The van der Waals surface area contributed by atoms with E-state index in [9.17, 15) is 0 Å². The standard InChI is InChI=1S/C13H11ClN4/c14-11-4-2-10(3-5-11)13-17-16-12-6-1-9(7-15)8-18(12)13/h1-6,8H,7,15H2.